The Hall–Kier alpha value is -2.80. The molecule has 0 aliphatic rings. The number of para-hydroxylation sites is 1. The normalized spacial score (nSPS) is 11.2. The predicted molar refractivity (Wildman–Crippen MR) is 128 cm³/mol. The van der Waals surface area contributed by atoms with Crippen LogP contribution in [0, 0.1) is 0 Å². The fraction of sp³-hybridized carbons (Fsp3) is 0.286. The summed E-state index contributed by atoms with van der Waals surface area (Å²) in [5, 5.41) is 9.06. The van der Waals surface area contributed by atoms with Crippen LogP contribution in [-0.4, -0.2) is 6.54 Å². The predicted octanol–water partition coefficient (Wildman–Crippen LogP) is 7.99. The van der Waals surface area contributed by atoms with Crippen molar-refractivity contribution in [2.45, 2.75) is 44.9 Å². The Balaban J connectivity index is 1.21. The summed E-state index contributed by atoms with van der Waals surface area (Å²) in [7, 11) is 0. The van der Waals surface area contributed by atoms with E-state index in [-0.39, 0.29) is 0 Å². The van der Waals surface area contributed by atoms with Crippen molar-refractivity contribution < 1.29 is 0 Å². The lowest BCUT2D eigenvalue weighted by molar-refractivity contribution is 0.602. The maximum atomic E-state index is 3.50. The van der Waals surface area contributed by atoms with Crippen molar-refractivity contribution in [3.63, 3.8) is 0 Å². The number of fused-ring (bicyclic) bond motifs is 3. The molecule has 29 heavy (non-hydrogen) atoms. The van der Waals surface area contributed by atoms with Gasteiger partial charge in [0.15, 0.2) is 0 Å². The van der Waals surface area contributed by atoms with E-state index in [4.69, 9.17) is 0 Å². The molecule has 0 spiro atoms. The van der Waals surface area contributed by atoms with E-state index in [1.165, 1.54) is 77.7 Å². The van der Waals surface area contributed by atoms with Crippen molar-refractivity contribution in [2.24, 2.45) is 0 Å². The topological polar surface area (TPSA) is 12.0 Å². The van der Waals surface area contributed by atoms with Gasteiger partial charge in [-0.25, -0.2) is 0 Å². The van der Waals surface area contributed by atoms with Crippen molar-refractivity contribution in [3.8, 4) is 0 Å². The Kier molecular flexibility index (Phi) is 6.81. The monoisotopic (exact) mass is 381 g/mol. The number of anilines is 1. The SMILES string of the molecule is c1ccc(NCCCCCCCCc2cc3ccccc3c3ccccc23)cc1. The molecule has 0 saturated carbocycles. The Morgan fingerprint density at radius 1 is 0.517 bits per heavy atom. The van der Waals surface area contributed by atoms with Gasteiger partial charge in [0.05, 0.1) is 0 Å². The summed E-state index contributed by atoms with van der Waals surface area (Å²) in [6, 6.07) is 30.6. The summed E-state index contributed by atoms with van der Waals surface area (Å²) >= 11 is 0. The number of aryl methyl sites for hydroxylation is 1. The van der Waals surface area contributed by atoms with E-state index in [2.05, 4.69) is 90.2 Å². The van der Waals surface area contributed by atoms with E-state index >= 15 is 0 Å². The Labute approximate surface area is 174 Å². The van der Waals surface area contributed by atoms with Crippen LogP contribution in [0.4, 0.5) is 5.69 Å². The first-order valence-corrected chi connectivity index (χ1v) is 11.1. The summed E-state index contributed by atoms with van der Waals surface area (Å²) < 4.78 is 0. The lowest BCUT2D eigenvalue weighted by Crippen LogP contribution is -2.00. The van der Waals surface area contributed by atoms with Crippen LogP contribution in [0.25, 0.3) is 21.5 Å². The molecule has 0 heterocycles. The highest BCUT2D eigenvalue weighted by Crippen LogP contribution is 2.29. The zero-order chi connectivity index (χ0) is 19.7. The molecule has 1 nitrogen and oxygen atoms in total. The van der Waals surface area contributed by atoms with Gasteiger partial charge < -0.3 is 5.32 Å². The van der Waals surface area contributed by atoms with Gasteiger partial charge in [-0.15, -0.1) is 0 Å². The number of nitrogens with one attached hydrogen (secondary N) is 1. The minimum Gasteiger partial charge on any atom is -0.385 e. The molecular weight excluding hydrogens is 350 g/mol. The third-order valence-corrected chi connectivity index (χ3v) is 5.83. The molecule has 0 saturated heterocycles. The molecule has 0 bridgehead atoms. The fourth-order valence-electron chi connectivity index (χ4n) is 4.27. The van der Waals surface area contributed by atoms with Crippen molar-refractivity contribution in [3.05, 3.63) is 90.5 Å². The number of unbranched alkanes of at least 4 members (excludes halogenated alkanes) is 5. The molecule has 4 aromatic rings. The first-order chi connectivity index (χ1) is 14.4. The number of benzene rings is 4. The third-order valence-electron chi connectivity index (χ3n) is 5.83. The van der Waals surface area contributed by atoms with Crippen LogP contribution in [0.15, 0.2) is 84.9 Å². The first kappa shape index (κ1) is 19.5. The molecule has 4 aromatic carbocycles. The fourth-order valence-corrected chi connectivity index (χ4v) is 4.27. The standard InChI is InChI=1S/C28H31N/c1(2-4-13-21-29-25-16-7-5-8-17-25)3-6-14-23-22-24-15-9-10-18-26(24)28-20-12-11-19-27(23)28/h5,7-12,15-20,22,29H,1-4,6,13-14,21H2. The number of rotatable bonds is 10. The van der Waals surface area contributed by atoms with Crippen molar-refractivity contribution in [1.82, 2.24) is 0 Å². The summed E-state index contributed by atoms with van der Waals surface area (Å²) in [6.45, 7) is 1.08. The smallest absolute Gasteiger partial charge is 0.0340 e. The molecule has 0 atom stereocenters. The highest BCUT2D eigenvalue weighted by atomic mass is 14.9. The Morgan fingerprint density at radius 2 is 1.14 bits per heavy atom. The van der Waals surface area contributed by atoms with E-state index in [9.17, 15) is 0 Å². The summed E-state index contributed by atoms with van der Waals surface area (Å²) in [5.74, 6) is 0. The minimum absolute atomic E-state index is 1.08. The quantitative estimate of drug-likeness (QED) is 0.217. The molecule has 0 unspecified atom stereocenters. The molecular formula is C28H31N. The highest BCUT2D eigenvalue weighted by Gasteiger charge is 2.06. The lowest BCUT2D eigenvalue weighted by atomic mass is 9.94. The lowest BCUT2D eigenvalue weighted by Gasteiger charge is -2.11. The highest BCUT2D eigenvalue weighted by molar-refractivity contribution is 6.08. The van der Waals surface area contributed by atoms with Gasteiger partial charge in [-0.1, -0.05) is 98.5 Å². The molecule has 148 valence electrons. The number of hydrogen-bond acceptors (Lipinski definition) is 1. The van der Waals surface area contributed by atoms with Crippen LogP contribution in [0.3, 0.4) is 0 Å². The van der Waals surface area contributed by atoms with E-state index in [0.717, 1.165) is 6.54 Å². The van der Waals surface area contributed by atoms with Gasteiger partial charge in [-0.05, 0) is 58.5 Å². The van der Waals surface area contributed by atoms with E-state index < -0.39 is 0 Å². The average Bonchev–Trinajstić information content (AvgIpc) is 2.78. The summed E-state index contributed by atoms with van der Waals surface area (Å²) in [5.41, 5.74) is 2.74. The van der Waals surface area contributed by atoms with Gasteiger partial charge in [0, 0.05) is 12.2 Å². The molecule has 0 aromatic heterocycles. The third kappa shape index (κ3) is 5.17. The van der Waals surface area contributed by atoms with Crippen LogP contribution >= 0.6 is 0 Å². The van der Waals surface area contributed by atoms with Crippen molar-refractivity contribution in [1.29, 1.82) is 0 Å². The van der Waals surface area contributed by atoms with Crippen LogP contribution in [0.5, 0.6) is 0 Å². The Bertz CT molecular complexity index is 1040. The zero-order valence-electron chi connectivity index (χ0n) is 17.2. The second kappa shape index (κ2) is 10.1. The van der Waals surface area contributed by atoms with Crippen molar-refractivity contribution >= 4 is 27.2 Å². The van der Waals surface area contributed by atoms with Gasteiger partial charge in [0.2, 0.25) is 0 Å². The molecule has 0 aliphatic heterocycles. The maximum Gasteiger partial charge on any atom is 0.0340 e. The molecule has 0 amide bonds. The summed E-state index contributed by atoms with van der Waals surface area (Å²) in [4.78, 5) is 0. The molecule has 1 N–H and O–H groups in total. The maximum absolute atomic E-state index is 3.50. The summed E-state index contributed by atoms with van der Waals surface area (Å²) in [6.07, 6.45) is 9.05. The van der Waals surface area contributed by atoms with E-state index in [1.807, 2.05) is 0 Å². The largest absolute Gasteiger partial charge is 0.385 e. The average molecular weight is 382 g/mol. The first-order valence-electron chi connectivity index (χ1n) is 11.1. The van der Waals surface area contributed by atoms with Crippen molar-refractivity contribution in [2.75, 3.05) is 11.9 Å². The Morgan fingerprint density at radius 3 is 1.97 bits per heavy atom. The van der Waals surface area contributed by atoms with E-state index in [0.29, 0.717) is 0 Å². The van der Waals surface area contributed by atoms with Crippen LogP contribution in [0.2, 0.25) is 0 Å². The molecule has 1 heteroatoms. The second-order valence-corrected chi connectivity index (χ2v) is 7.97. The van der Waals surface area contributed by atoms with Gasteiger partial charge in [-0.3, -0.25) is 0 Å². The van der Waals surface area contributed by atoms with Crippen LogP contribution in [-0.2, 0) is 6.42 Å². The van der Waals surface area contributed by atoms with Crippen LogP contribution < -0.4 is 5.32 Å². The van der Waals surface area contributed by atoms with Gasteiger partial charge >= 0.3 is 0 Å². The van der Waals surface area contributed by atoms with Gasteiger partial charge in [0.25, 0.3) is 0 Å². The molecule has 0 fully saturated rings. The second-order valence-electron chi connectivity index (χ2n) is 7.97. The molecule has 4 rings (SSSR count). The molecule has 0 aliphatic carbocycles. The minimum atomic E-state index is 1.08. The van der Waals surface area contributed by atoms with Gasteiger partial charge in [0.1, 0.15) is 0 Å². The zero-order valence-corrected chi connectivity index (χ0v) is 17.2. The molecule has 0 radical (unpaired) electrons. The van der Waals surface area contributed by atoms with E-state index in [1.54, 1.807) is 0 Å². The van der Waals surface area contributed by atoms with Gasteiger partial charge in [-0.2, -0.15) is 0 Å². The number of hydrogen-bond donors (Lipinski definition) is 1. The van der Waals surface area contributed by atoms with Crippen LogP contribution in [0.1, 0.15) is 44.1 Å².